The number of esters is 1. The van der Waals surface area contributed by atoms with Gasteiger partial charge in [-0.25, -0.2) is 4.98 Å². The smallest absolute Gasteiger partial charge is 0.311 e. The minimum absolute atomic E-state index is 0.190. The van der Waals surface area contributed by atoms with Crippen LogP contribution >= 0.6 is 45.3 Å². The number of ether oxygens (including phenoxy) is 1. The number of rotatable bonds is 5. The van der Waals surface area contributed by atoms with Crippen molar-refractivity contribution in [3.63, 3.8) is 0 Å². The maximum atomic E-state index is 12.0. The highest BCUT2D eigenvalue weighted by Crippen LogP contribution is 2.36. The van der Waals surface area contributed by atoms with Gasteiger partial charge in [-0.05, 0) is 59.2 Å². The lowest BCUT2D eigenvalue weighted by atomic mass is 10.2. The summed E-state index contributed by atoms with van der Waals surface area (Å²) >= 11 is 5.65. The minimum atomic E-state index is -0.244. The number of halogens is 1. The molecule has 3 aromatic heterocycles. The average molecular weight is 494 g/mol. The Hall–Kier alpha value is -1.71. The lowest BCUT2D eigenvalue weighted by Crippen LogP contribution is -2.08. The molecule has 0 unspecified atom stereocenters. The van der Waals surface area contributed by atoms with Crippen molar-refractivity contribution in [1.29, 1.82) is 0 Å². The largest absolute Gasteiger partial charge is 0.466 e. The summed E-state index contributed by atoms with van der Waals surface area (Å²) in [5.41, 5.74) is 1.63. The number of benzene rings is 1. The van der Waals surface area contributed by atoms with E-state index < -0.39 is 0 Å². The molecule has 0 radical (unpaired) electrons. The molecule has 0 atom stereocenters. The normalized spacial score (nSPS) is 11.2. The highest BCUT2D eigenvalue weighted by atomic mass is 127. The molecule has 4 nitrogen and oxygen atoms in total. The number of carbonyl (C=O) groups excluding carboxylic acids is 1. The third-order valence-electron chi connectivity index (χ3n) is 3.87. The molecule has 26 heavy (non-hydrogen) atoms. The minimum Gasteiger partial charge on any atom is -0.466 e. The lowest BCUT2D eigenvalue weighted by Gasteiger charge is -2.01. The van der Waals surface area contributed by atoms with Crippen molar-refractivity contribution in [2.45, 2.75) is 13.3 Å². The molecule has 0 fully saturated rings. The summed E-state index contributed by atoms with van der Waals surface area (Å²) in [6.45, 7) is 2.19. The molecule has 3 heterocycles. The first-order chi connectivity index (χ1) is 12.6. The van der Waals surface area contributed by atoms with Gasteiger partial charge in [0.25, 0.3) is 0 Å². The number of imidazole rings is 1. The van der Waals surface area contributed by atoms with Gasteiger partial charge in [0.15, 0.2) is 0 Å². The van der Waals surface area contributed by atoms with Gasteiger partial charge in [-0.3, -0.25) is 4.79 Å². The molecule has 1 N–H and O–H groups in total. The van der Waals surface area contributed by atoms with Gasteiger partial charge in [0, 0.05) is 4.70 Å². The van der Waals surface area contributed by atoms with Crippen molar-refractivity contribution < 1.29 is 9.53 Å². The van der Waals surface area contributed by atoms with Gasteiger partial charge >= 0.3 is 5.97 Å². The van der Waals surface area contributed by atoms with Crippen LogP contribution in [-0.4, -0.2) is 22.5 Å². The molecule has 4 rings (SSSR count). The molecule has 4 aromatic rings. The van der Waals surface area contributed by atoms with Crippen molar-refractivity contribution >= 4 is 61.3 Å². The summed E-state index contributed by atoms with van der Waals surface area (Å²) in [5.74, 6) is 0.551. The first-order valence-electron chi connectivity index (χ1n) is 8.13. The number of hydrogen-bond donors (Lipinski definition) is 1. The third kappa shape index (κ3) is 3.56. The molecule has 0 aliphatic carbocycles. The van der Waals surface area contributed by atoms with E-state index in [0.29, 0.717) is 6.61 Å². The van der Waals surface area contributed by atoms with Gasteiger partial charge in [0.1, 0.15) is 11.5 Å². The third-order valence-corrected chi connectivity index (χ3v) is 6.89. The fourth-order valence-electron chi connectivity index (χ4n) is 2.75. The maximum absolute atomic E-state index is 12.0. The fourth-order valence-corrected chi connectivity index (χ4v) is 5.40. The summed E-state index contributed by atoms with van der Waals surface area (Å²) in [6, 6.07) is 14.5. The zero-order valence-corrected chi connectivity index (χ0v) is 17.7. The van der Waals surface area contributed by atoms with E-state index in [1.54, 1.807) is 22.7 Å². The molecule has 0 spiro atoms. The van der Waals surface area contributed by atoms with Crippen molar-refractivity contribution in [2.75, 3.05) is 6.61 Å². The summed E-state index contributed by atoms with van der Waals surface area (Å²) in [7, 11) is 0. The summed E-state index contributed by atoms with van der Waals surface area (Å²) in [6.07, 6.45) is 0.190. The van der Waals surface area contributed by atoms with Gasteiger partial charge in [0.2, 0.25) is 0 Å². The Morgan fingerprint density at radius 3 is 2.77 bits per heavy atom. The van der Waals surface area contributed by atoms with Crippen LogP contribution in [0.2, 0.25) is 0 Å². The SMILES string of the molecule is CCOC(=O)Cc1[nH]c(-c2cc3ccccc3s2)nc1-c1ccc(I)s1. The van der Waals surface area contributed by atoms with Crippen LogP contribution in [0, 0.1) is 2.88 Å². The van der Waals surface area contributed by atoms with Gasteiger partial charge < -0.3 is 9.72 Å². The van der Waals surface area contributed by atoms with Crippen molar-refractivity contribution in [3.8, 4) is 21.3 Å². The van der Waals surface area contributed by atoms with E-state index >= 15 is 0 Å². The van der Waals surface area contributed by atoms with Gasteiger partial charge in [-0.1, -0.05) is 18.2 Å². The number of carbonyl (C=O) groups is 1. The molecule has 0 amide bonds. The average Bonchev–Trinajstić information content (AvgIpc) is 3.32. The van der Waals surface area contributed by atoms with Crippen LogP contribution in [0.5, 0.6) is 0 Å². The number of hydrogen-bond acceptors (Lipinski definition) is 5. The van der Waals surface area contributed by atoms with E-state index in [9.17, 15) is 4.79 Å². The standard InChI is InChI=1S/C19H15IN2O2S2/c1-2-24-17(23)10-12-18(14-7-8-16(20)26-14)22-19(21-12)15-9-11-5-3-4-6-13(11)25-15/h3-9H,2,10H2,1H3,(H,21,22). The number of nitrogens with one attached hydrogen (secondary N) is 1. The Morgan fingerprint density at radius 1 is 1.19 bits per heavy atom. The van der Waals surface area contributed by atoms with Crippen LogP contribution < -0.4 is 0 Å². The summed E-state index contributed by atoms with van der Waals surface area (Å²) in [4.78, 5) is 22.3. The zero-order valence-electron chi connectivity index (χ0n) is 13.9. The Labute approximate surface area is 172 Å². The highest BCUT2D eigenvalue weighted by Gasteiger charge is 2.19. The van der Waals surface area contributed by atoms with Gasteiger partial charge in [0.05, 0.1) is 31.4 Å². The molecule has 0 bridgehead atoms. The molecular weight excluding hydrogens is 479 g/mol. The van der Waals surface area contributed by atoms with Crippen LogP contribution in [0.25, 0.3) is 31.4 Å². The quantitative estimate of drug-likeness (QED) is 0.285. The van der Waals surface area contributed by atoms with Crippen molar-refractivity contribution in [2.24, 2.45) is 0 Å². The number of aromatic amines is 1. The number of aromatic nitrogens is 2. The van der Waals surface area contributed by atoms with E-state index in [2.05, 4.69) is 51.8 Å². The van der Waals surface area contributed by atoms with Gasteiger partial charge in [-0.2, -0.15) is 0 Å². The maximum Gasteiger partial charge on any atom is 0.311 e. The van der Waals surface area contributed by atoms with E-state index in [1.807, 2.05) is 25.1 Å². The van der Waals surface area contributed by atoms with Crippen molar-refractivity contribution in [3.05, 3.63) is 51.0 Å². The monoisotopic (exact) mass is 494 g/mol. The second-order valence-corrected chi connectivity index (χ2v) is 9.71. The summed E-state index contributed by atoms with van der Waals surface area (Å²) in [5, 5.41) is 1.20. The molecule has 1 aromatic carbocycles. The van der Waals surface area contributed by atoms with Crippen LogP contribution in [-0.2, 0) is 16.0 Å². The second kappa shape index (κ2) is 7.50. The molecule has 7 heteroatoms. The van der Waals surface area contributed by atoms with E-state index in [4.69, 9.17) is 9.72 Å². The van der Waals surface area contributed by atoms with Crippen LogP contribution in [0.15, 0.2) is 42.5 Å². The Kier molecular flexibility index (Phi) is 5.10. The van der Waals surface area contributed by atoms with Crippen LogP contribution in [0.4, 0.5) is 0 Å². The topological polar surface area (TPSA) is 55.0 Å². The molecule has 0 saturated carbocycles. The van der Waals surface area contributed by atoms with Gasteiger partial charge in [-0.15, -0.1) is 22.7 Å². The number of thiophene rings is 2. The van der Waals surface area contributed by atoms with E-state index in [0.717, 1.165) is 27.0 Å². The van der Waals surface area contributed by atoms with E-state index in [1.165, 1.54) is 13.0 Å². The van der Waals surface area contributed by atoms with Crippen LogP contribution in [0.3, 0.4) is 0 Å². The molecule has 132 valence electrons. The lowest BCUT2D eigenvalue weighted by molar-refractivity contribution is -0.142. The predicted molar refractivity (Wildman–Crippen MR) is 116 cm³/mol. The van der Waals surface area contributed by atoms with Crippen molar-refractivity contribution in [1.82, 2.24) is 9.97 Å². The Bertz CT molecular complexity index is 1050. The number of H-pyrrole nitrogens is 1. The first-order valence-corrected chi connectivity index (χ1v) is 10.8. The Balaban J connectivity index is 1.78. The van der Waals surface area contributed by atoms with E-state index in [-0.39, 0.29) is 12.4 Å². The molecular formula is C19H15IN2O2S2. The Morgan fingerprint density at radius 2 is 2.04 bits per heavy atom. The first kappa shape index (κ1) is 17.7. The molecule has 0 saturated heterocycles. The highest BCUT2D eigenvalue weighted by molar-refractivity contribution is 14.1. The zero-order chi connectivity index (χ0) is 18.1. The summed E-state index contributed by atoms with van der Waals surface area (Å²) < 4.78 is 7.53. The molecule has 0 aliphatic heterocycles. The second-order valence-electron chi connectivity index (χ2n) is 5.65. The van der Waals surface area contributed by atoms with Crippen LogP contribution in [0.1, 0.15) is 12.6 Å². The number of fused-ring (bicyclic) bond motifs is 1. The predicted octanol–water partition coefficient (Wildman–Crippen LogP) is 5.73. The molecule has 0 aliphatic rings. The fraction of sp³-hybridized carbons (Fsp3) is 0.158. The number of nitrogens with zero attached hydrogens (tertiary/aromatic N) is 1.